The average molecular weight is 566 g/mol. The molecule has 2 aromatic rings. The molecule has 1 aliphatic carbocycles. The van der Waals surface area contributed by atoms with Gasteiger partial charge in [0, 0.05) is 13.2 Å². The van der Waals surface area contributed by atoms with Gasteiger partial charge in [0.05, 0.1) is 53.5 Å². The monoisotopic (exact) mass is 565 g/mol. The summed E-state index contributed by atoms with van der Waals surface area (Å²) in [7, 11) is -6.62. The highest BCUT2D eigenvalue weighted by Crippen LogP contribution is 2.50. The summed E-state index contributed by atoms with van der Waals surface area (Å²) in [6, 6.07) is 6.70. The SMILES string of the molecule is CCOP(=O)(Cc1cnc(NC(=O)[C@H](CC2CCOCC2)c2ccc(S(=O)(=O)C3CC3)cc2)cn1)OCC. The number of benzene rings is 1. The van der Waals surface area contributed by atoms with Gasteiger partial charge in [-0.1, -0.05) is 12.1 Å². The second-order valence-corrected chi connectivity index (χ2v) is 13.9. The molecule has 1 atom stereocenters. The lowest BCUT2D eigenvalue weighted by Crippen LogP contribution is -2.26. The lowest BCUT2D eigenvalue weighted by atomic mass is 9.84. The Morgan fingerprint density at radius 1 is 1.05 bits per heavy atom. The molecule has 0 spiro atoms. The maximum Gasteiger partial charge on any atom is 0.336 e. The summed E-state index contributed by atoms with van der Waals surface area (Å²) in [4.78, 5) is 22.3. The van der Waals surface area contributed by atoms with Crippen LogP contribution in [-0.2, 0) is 39.1 Å². The molecule has 10 nitrogen and oxygen atoms in total. The summed E-state index contributed by atoms with van der Waals surface area (Å²) in [5.41, 5.74) is 1.18. The van der Waals surface area contributed by atoms with Gasteiger partial charge in [0.1, 0.15) is 0 Å². The molecule has 0 unspecified atom stereocenters. The van der Waals surface area contributed by atoms with Crippen LogP contribution in [0.5, 0.6) is 0 Å². The van der Waals surface area contributed by atoms with Crippen LogP contribution in [0, 0.1) is 5.92 Å². The first-order valence-corrected chi connectivity index (χ1v) is 16.4. The van der Waals surface area contributed by atoms with Gasteiger partial charge in [-0.05, 0) is 69.6 Å². The van der Waals surface area contributed by atoms with Crippen molar-refractivity contribution >= 4 is 29.2 Å². The highest BCUT2D eigenvalue weighted by molar-refractivity contribution is 7.92. The molecule has 38 heavy (non-hydrogen) atoms. The summed E-state index contributed by atoms with van der Waals surface area (Å²) >= 11 is 0. The first kappa shape index (κ1) is 28.8. The van der Waals surface area contributed by atoms with E-state index in [4.69, 9.17) is 13.8 Å². The van der Waals surface area contributed by atoms with E-state index in [1.54, 1.807) is 38.1 Å². The molecule has 208 valence electrons. The molecule has 1 amide bonds. The van der Waals surface area contributed by atoms with Crippen molar-refractivity contribution in [2.75, 3.05) is 31.7 Å². The normalized spacial score (nSPS) is 17.7. The first-order chi connectivity index (χ1) is 18.2. The van der Waals surface area contributed by atoms with Crippen LogP contribution in [0.1, 0.15) is 63.1 Å². The van der Waals surface area contributed by atoms with Gasteiger partial charge in [-0.2, -0.15) is 0 Å². The molecule has 0 bridgehead atoms. The van der Waals surface area contributed by atoms with Gasteiger partial charge < -0.3 is 19.1 Å². The number of nitrogens with zero attached hydrogens (tertiary/aromatic N) is 2. The van der Waals surface area contributed by atoms with Crippen molar-refractivity contribution in [3.05, 3.63) is 47.9 Å². The number of ether oxygens (including phenoxy) is 1. The van der Waals surface area contributed by atoms with Crippen LogP contribution in [-0.4, -0.2) is 56.0 Å². The molecule has 12 heteroatoms. The Labute approximate surface area is 224 Å². The highest BCUT2D eigenvalue weighted by Gasteiger charge is 2.37. The van der Waals surface area contributed by atoms with Gasteiger partial charge in [0.15, 0.2) is 15.7 Å². The average Bonchev–Trinajstić information content (AvgIpc) is 3.76. The standard InChI is InChI=1S/C26H36N3O7PS/c1-3-35-37(31,36-4-2)18-21-16-28-25(17-27-21)29-26(30)24(15-19-11-13-34-14-12-19)20-5-7-22(8-6-20)38(32,33)23-9-10-23/h5-8,16-17,19,23-24H,3-4,9-15,18H2,1-2H3,(H,28,29,30)/t24-/m1/s1. The van der Waals surface area contributed by atoms with E-state index in [9.17, 15) is 17.8 Å². The zero-order valence-electron chi connectivity index (χ0n) is 21.9. The number of anilines is 1. The van der Waals surface area contributed by atoms with Crippen LogP contribution in [0.4, 0.5) is 5.82 Å². The molecule has 1 N–H and O–H groups in total. The van der Waals surface area contributed by atoms with Gasteiger partial charge in [-0.25, -0.2) is 13.4 Å². The lowest BCUT2D eigenvalue weighted by molar-refractivity contribution is -0.118. The smallest absolute Gasteiger partial charge is 0.336 e. The summed E-state index contributed by atoms with van der Waals surface area (Å²) < 4.78 is 54.1. The second-order valence-electron chi connectivity index (χ2n) is 9.64. The fourth-order valence-electron chi connectivity index (χ4n) is 4.61. The minimum absolute atomic E-state index is 0.0155. The number of hydrogen-bond acceptors (Lipinski definition) is 9. The van der Waals surface area contributed by atoms with E-state index < -0.39 is 23.4 Å². The van der Waals surface area contributed by atoms with Gasteiger partial charge in [0.2, 0.25) is 5.91 Å². The summed E-state index contributed by atoms with van der Waals surface area (Å²) in [5.74, 6) is -0.153. The largest absolute Gasteiger partial charge is 0.381 e. The van der Waals surface area contributed by atoms with E-state index in [-0.39, 0.29) is 36.4 Å². The quantitative estimate of drug-likeness (QED) is 0.343. The van der Waals surface area contributed by atoms with E-state index >= 15 is 0 Å². The molecule has 2 aliphatic rings. The number of rotatable bonds is 13. The van der Waals surface area contributed by atoms with Crippen molar-refractivity contribution < 1.29 is 31.6 Å². The molecule has 0 radical (unpaired) electrons. The van der Waals surface area contributed by atoms with Crippen LogP contribution in [0.25, 0.3) is 0 Å². The van der Waals surface area contributed by atoms with Crippen molar-refractivity contribution in [3.8, 4) is 0 Å². The first-order valence-electron chi connectivity index (χ1n) is 13.2. The molecule has 1 saturated carbocycles. The van der Waals surface area contributed by atoms with Gasteiger partial charge in [-0.15, -0.1) is 0 Å². The van der Waals surface area contributed by atoms with Crippen molar-refractivity contribution in [2.45, 2.75) is 68.2 Å². The molecule has 1 aromatic carbocycles. The van der Waals surface area contributed by atoms with E-state index in [1.165, 1.54) is 12.4 Å². The van der Waals surface area contributed by atoms with Crippen LogP contribution in [0.3, 0.4) is 0 Å². The van der Waals surface area contributed by atoms with E-state index in [2.05, 4.69) is 15.3 Å². The molecular weight excluding hydrogens is 529 g/mol. The summed E-state index contributed by atoms with van der Waals surface area (Å²) in [5, 5.41) is 2.56. The fraction of sp³-hybridized carbons (Fsp3) is 0.577. The number of sulfone groups is 1. The maximum absolute atomic E-state index is 13.5. The van der Waals surface area contributed by atoms with E-state index in [1.807, 2.05) is 0 Å². The summed E-state index contributed by atoms with van der Waals surface area (Å²) in [6.07, 6.45) is 6.61. The lowest BCUT2D eigenvalue weighted by Gasteiger charge is -2.26. The minimum atomic E-state index is -3.32. The predicted octanol–water partition coefficient (Wildman–Crippen LogP) is 4.72. The third-order valence-corrected chi connectivity index (χ3v) is 11.1. The van der Waals surface area contributed by atoms with Gasteiger partial charge in [-0.3, -0.25) is 14.3 Å². The van der Waals surface area contributed by atoms with Crippen LogP contribution < -0.4 is 5.32 Å². The Balaban J connectivity index is 1.48. The van der Waals surface area contributed by atoms with Crippen molar-refractivity contribution in [3.63, 3.8) is 0 Å². The Kier molecular flexibility index (Phi) is 9.70. The van der Waals surface area contributed by atoms with Crippen molar-refractivity contribution in [1.29, 1.82) is 0 Å². The van der Waals surface area contributed by atoms with Crippen LogP contribution in [0.2, 0.25) is 0 Å². The highest BCUT2D eigenvalue weighted by atomic mass is 32.2. The molecule has 1 saturated heterocycles. The number of amides is 1. The third-order valence-electron chi connectivity index (χ3n) is 6.76. The number of nitrogens with one attached hydrogen (secondary N) is 1. The molecule has 2 fully saturated rings. The Hall–Kier alpha value is -2.17. The molecular formula is C26H36N3O7PS. The predicted molar refractivity (Wildman–Crippen MR) is 143 cm³/mol. The molecule has 1 aromatic heterocycles. The Bertz CT molecular complexity index is 1220. The number of aromatic nitrogens is 2. The third kappa shape index (κ3) is 7.48. The number of hydrogen-bond donors (Lipinski definition) is 1. The Morgan fingerprint density at radius 2 is 1.71 bits per heavy atom. The summed E-state index contributed by atoms with van der Waals surface area (Å²) in [6.45, 7) is 5.32. The van der Waals surface area contributed by atoms with Crippen molar-refractivity contribution in [2.24, 2.45) is 5.92 Å². The minimum Gasteiger partial charge on any atom is -0.381 e. The van der Waals surface area contributed by atoms with Crippen LogP contribution >= 0.6 is 7.60 Å². The zero-order chi connectivity index (χ0) is 27.2. The topological polar surface area (TPSA) is 134 Å². The van der Waals surface area contributed by atoms with Crippen LogP contribution in [0.15, 0.2) is 41.6 Å². The Morgan fingerprint density at radius 3 is 2.26 bits per heavy atom. The van der Waals surface area contributed by atoms with Gasteiger partial charge in [0.25, 0.3) is 0 Å². The fourth-order valence-corrected chi connectivity index (χ4v) is 7.87. The molecule has 1 aliphatic heterocycles. The molecule has 4 rings (SSSR count). The van der Waals surface area contributed by atoms with E-state index in [0.717, 1.165) is 18.4 Å². The van der Waals surface area contributed by atoms with Crippen molar-refractivity contribution in [1.82, 2.24) is 9.97 Å². The van der Waals surface area contributed by atoms with E-state index in [0.29, 0.717) is 49.0 Å². The second kappa shape index (κ2) is 12.8. The maximum atomic E-state index is 13.5. The molecule has 2 heterocycles. The zero-order valence-corrected chi connectivity index (χ0v) is 23.6. The van der Waals surface area contributed by atoms with Gasteiger partial charge >= 0.3 is 7.60 Å². The number of carbonyl (C=O) groups is 1. The number of carbonyl (C=O) groups excluding carboxylic acids is 1.